The predicted octanol–water partition coefficient (Wildman–Crippen LogP) is 3.86. The highest BCUT2D eigenvalue weighted by atomic mass is 35.5. The first-order chi connectivity index (χ1) is 9.86. The highest BCUT2D eigenvalue weighted by Crippen LogP contribution is 2.32. The Morgan fingerprint density at radius 3 is 2.62 bits per heavy atom. The summed E-state index contributed by atoms with van der Waals surface area (Å²) in [6, 6.07) is 6.82. The van der Waals surface area contributed by atoms with Crippen LogP contribution in [0.15, 0.2) is 30.3 Å². The monoisotopic (exact) mass is 333 g/mol. The summed E-state index contributed by atoms with van der Waals surface area (Å²) < 4.78 is 37.0. The smallest absolute Gasteiger partial charge is 0.297 e. The van der Waals surface area contributed by atoms with Gasteiger partial charge in [-0.3, -0.25) is 10.1 Å². The molecule has 0 spiro atoms. The Hall–Kier alpha value is -1.93. The Balaban J connectivity index is 2.02. The minimum absolute atomic E-state index is 0.226. The molecule has 2 aromatic rings. The molecule has 110 valence electrons. The zero-order chi connectivity index (χ0) is 15.5. The Morgan fingerprint density at radius 2 is 2.00 bits per heavy atom. The van der Waals surface area contributed by atoms with Crippen molar-refractivity contribution in [3.05, 3.63) is 45.9 Å². The number of anilines is 1. The molecule has 0 saturated carbocycles. The lowest BCUT2D eigenvalue weighted by Gasteiger charge is -1.98. The van der Waals surface area contributed by atoms with Crippen LogP contribution in [-0.4, -0.2) is 16.1 Å². The summed E-state index contributed by atoms with van der Waals surface area (Å²) in [5.41, 5.74) is 0.613. The third-order valence-corrected chi connectivity index (χ3v) is 3.44. The second-order valence-electron chi connectivity index (χ2n) is 3.75. The zero-order valence-electron chi connectivity index (χ0n) is 10.2. The number of nitrogens with zero attached hydrogens (tertiary/aromatic N) is 2. The number of carbonyl (C=O) groups is 1. The van der Waals surface area contributed by atoms with Crippen LogP contribution < -0.4 is 5.32 Å². The minimum atomic E-state index is -4.58. The second-order valence-corrected chi connectivity index (χ2v) is 5.14. The quantitative estimate of drug-likeness (QED) is 0.868. The molecule has 21 heavy (non-hydrogen) atoms. The Morgan fingerprint density at radius 1 is 1.29 bits per heavy atom. The molecule has 0 aliphatic rings. The van der Waals surface area contributed by atoms with Crippen molar-refractivity contribution in [2.24, 2.45) is 0 Å². The molecular formula is C12H7ClF3N3OS. The first-order valence-corrected chi connectivity index (χ1v) is 6.70. The van der Waals surface area contributed by atoms with Gasteiger partial charge in [0.25, 0.3) is 0 Å². The molecule has 1 aromatic heterocycles. The van der Waals surface area contributed by atoms with Crippen molar-refractivity contribution in [2.75, 3.05) is 5.32 Å². The first kappa shape index (κ1) is 15.5. The van der Waals surface area contributed by atoms with Crippen LogP contribution in [0.5, 0.6) is 0 Å². The van der Waals surface area contributed by atoms with Gasteiger partial charge in [-0.15, -0.1) is 10.2 Å². The fraction of sp³-hybridized carbons (Fsp3) is 0.0833. The summed E-state index contributed by atoms with van der Waals surface area (Å²) >= 11 is 6.15. The van der Waals surface area contributed by atoms with Gasteiger partial charge in [0.05, 0.1) is 0 Å². The van der Waals surface area contributed by atoms with Crippen LogP contribution in [0, 0.1) is 0 Å². The standard InChI is InChI=1S/C12H7ClF3N3OS/c13-8-4-2-1-3-7(8)5-6-9(20)17-11-19-18-10(21-11)12(14,15)16/h1-6H,(H,17,19,20)/b6-5+. The molecule has 0 saturated heterocycles. The van der Waals surface area contributed by atoms with Crippen LogP contribution in [0.3, 0.4) is 0 Å². The van der Waals surface area contributed by atoms with Crippen LogP contribution >= 0.6 is 22.9 Å². The molecular weight excluding hydrogens is 327 g/mol. The maximum Gasteiger partial charge on any atom is 0.445 e. The summed E-state index contributed by atoms with van der Waals surface area (Å²) in [5.74, 6) is -0.625. The van der Waals surface area contributed by atoms with E-state index in [0.717, 1.165) is 6.08 Å². The molecule has 4 nitrogen and oxygen atoms in total. The van der Waals surface area contributed by atoms with E-state index in [4.69, 9.17) is 11.6 Å². The van der Waals surface area contributed by atoms with E-state index in [0.29, 0.717) is 10.6 Å². The molecule has 0 unspecified atom stereocenters. The molecule has 0 radical (unpaired) electrons. The number of alkyl halides is 3. The van der Waals surface area contributed by atoms with Gasteiger partial charge in [-0.05, 0) is 17.7 Å². The number of nitrogens with one attached hydrogen (secondary N) is 1. The van der Waals surface area contributed by atoms with Gasteiger partial charge in [-0.1, -0.05) is 41.1 Å². The minimum Gasteiger partial charge on any atom is -0.297 e. The van der Waals surface area contributed by atoms with E-state index in [2.05, 4.69) is 15.5 Å². The van der Waals surface area contributed by atoms with Gasteiger partial charge in [-0.25, -0.2) is 0 Å². The van der Waals surface area contributed by atoms with Crippen molar-refractivity contribution >= 4 is 40.1 Å². The molecule has 0 bridgehead atoms. The van der Waals surface area contributed by atoms with Crippen LogP contribution in [0.4, 0.5) is 18.3 Å². The van der Waals surface area contributed by atoms with Crippen LogP contribution in [-0.2, 0) is 11.0 Å². The van der Waals surface area contributed by atoms with Crippen molar-refractivity contribution in [3.8, 4) is 0 Å². The van der Waals surface area contributed by atoms with Gasteiger partial charge < -0.3 is 0 Å². The number of rotatable bonds is 3. The highest BCUT2D eigenvalue weighted by molar-refractivity contribution is 7.15. The largest absolute Gasteiger partial charge is 0.445 e. The molecule has 1 heterocycles. The summed E-state index contributed by atoms with van der Waals surface area (Å²) in [6.45, 7) is 0. The molecule has 9 heteroatoms. The van der Waals surface area contributed by atoms with Crippen LogP contribution in [0.2, 0.25) is 5.02 Å². The van der Waals surface area contributed by atoms with Gasteiger partial charge in [0, 0.05) is 11.1 Å². The maximum absolute atomic E-state index is 12.3. The SMILES string of the molecule is O=C(/C=C/c1ccccc1Cl)Nc1nnc(C(F)(F)F)s1. The van der Waals surface area contributed by atoms with E-state index in [9.17, 15) is 18.0 Å². The molecule has 0 fully saturated rings. The van der Waals surface area contributed by atoms with Gasteiger partial charge in [0.1, 0.15) is 0 Å². The number of amides is 1. The summed E-state index contributed by atoms with van der Waals surface area (Å²) in [4.78, 5) is 11.6. The number of halogens is 4. The summed E-state index contributed by atoms with van der Waals surface area (Å²) in [5, 5.41) is 7.52. The number of hydrogen-bond donors (Lipinski definition) is 1. The van der Waals surface area contributed by atoms with Crippen molar-refractivity contribution in [2.45, 2.75) is 6.18 Å². The Labute approximate surface area is 126 Å². The average molecular weight is 334 g/mol. The van der Waals surface area contributed by atoms with Crippen molar-refractivity contribution in [1.82, 2.24) is 10.2 Å². The van der Waals surface area contributed by atoms with Gasteiger partial charge in [0.15, 0.2) is 0 Å². The number of carbonyl (C=O) groups excluding carboxylic acids is 1. The number of benzene rings is 1. The van der Waals surface area contributed by atoms with Crippen molar-refractivity contribution in [1.29, 1.82) is 0 Å². The zero-order valence-corrected chi connectivity index (χ0v) is 11.8. The van der Waals surface area contributed by atoms with Crippen molar-refractivity contribution in [3.63, 3.8) is 0 Å². The normalized spacial score (nSPS) is 11.8. The summed E-state index contributed by atoms with van der Waals surface area (Å²) in [6.07, 6.45) is -1.98. The Bertz CT molecular complexity index is 684. The summed E-state index contributed by atoms with van der Waals surface area (Å²) in [7, 11) is 0. The van der Waals surface area contributed by atoms with Crippen molar-refractivity contribution < 1.29 is 18.0 Å². The molecule has 1 N–H and O–H groups in total. The first-order valence-electron chi connectivity index (χ1n) is 5.50. The van der Waals surface area contributed by atoms with E-state index in [-0.39, 0.29) is 16.5 Å². The number of hydrogen-bond acceptors (Lipinski definition) is 4. The fourth-order valence-electron chi connectivity index (χ4n) is 1.31. The van der Waals surface area contributed by atoms with Crippen LogP contribution in [0.25, 0.3) is 6.08 Å². The second kappa shape index (κ2) is 6.23. The molecule has 0 aliphatic carbocycles. The molecule has 0 aliphatic heterocycles. The highest BCUT2D eigenvalue weighted by Gasteiger charge is 2.35. The third kappa shape index (κ3) is 4.27. The van der Waals surface area contributed by atoms with Crippen LogP contribution in [0.1, 0.15) is 10.6 Å². The van der Waals surface area contributed by atoms with E-state index >= 15 is 0 Å². The lowest BCUT2D eigenvalue weighted by molar-refractivity contribution is -0.138. The molecule has 2 rings (SSSR count). The molecule has 1 amide bonds. The maximum atomic E-state index is 12.3. The number of aromatic nitrogens is 2. The van der Waals surface area contributed by atoms with E-state index < -0.39 is 17.1 Å². The van der Waals surface area contributed by atoms with E-state index in [1.165, 1.54) is 6.08 Å². The molecule has 0 atom stereocenters. The van der Waals surface area contributed by atoms with E-state index in [1.54, 1.807) is 24.3 Å². The fourth-order valence-corrected chi connectivity index (χ4v) is 2.12. The lowest BCUT2D eigenvalue weighted by atomic mass is 10.2. The van der Waals surface area contributed by atoms with Gasteiger partial charge in [-0.2, -0.15) is 13.2 Å². The lowest BCUT2D eigenvalue weighted by Crippen LogP contribution is -2.07. The third-order valence-electron chi connectivity index (χ3n) is 2.22. The molecule has 1 aromatic carbocycles. The van der Waals surface area contributed by atoms with E-state index in [1.807, 2.05) is 0 Å². The van der Waals surface area contributed by atoms with Gasteiger partial charge >= 0.3 is 6.18 Å². The average Bonchev–Trinajstić information content (AvgIpc) is 2.86. The Kier molecular flexibility index (Phi) is 4.59. The van der Waals surface area contributed by atoms with Gasteiger partial charge in [0.2, 0.25) is 16.0 Å². The topological polar surface area (TPSA) is 54.9 Å². The predicted molar refractivity (Wildman–Crippen MR) is 74.0 cm³/mol.